The Kier molecular flexibility index (Phi) is 8.32. The minimum absolute atomic E-state index is 0.592. The third kappa shape index (κ3) is 6.43. The summed E-state index contributed by atoms with van der Waals surface area (Å²) >= 11 is 0. The Morgan fingerprint density at radius 3 is 1.25 bits per heavy atom. The predicted molar refractivity (Wildman–Crippen MR) is 257 cm³/mol. The van der Waals surface area contributed by atoms with Crippen molar-refractivity contribution in [1.29, 1.82) is 0 Å². The number of anilines is 3. The van der Waals surface area contributed by atoms with Crippen LogP contribution in [0.15, 0.2) is 176 Å². The van der Waals surface area contributed by atoms with Gasteiger partial charge in [0.2, 0.25) is 11.8 Å². The third-order valence-corrected chi connectivity index (χ3v) is 16.4. The molecule has 0 fully saturated rings. The lowest BCUT2D eigenvalue weighted by Gasteiger charge is -2.26. The van der Waals surface area contributed by atoms with E-state index >= 15 is 0 Å². The Labute approximate surface area is 370 Å². The summed E-state index contributed by atoms with van der Waals surface area (Å²) < 4.78 is 44.5. The van der Waals surface area contributed by atoms with Crippen molar-refractivity contribution in [3.63, 3.8) is 0 Å². The molecule has 0 unspecified atom stereocenters. The highest BCUT2D eigenvalue weighted by atomic mass is 28.4. The molecule has 3 aliphatic rings. The molecule has 0 spiro atoms. The second-order valence-corrected chi connectivity index (χ2v) is 28.2. The number of hydrogen-bond acceptors (Lipinski definition) is 11. The Hall–Kier alpha value is -7.27. The molecule has 14 heteroatoms. The molecule has 3 aliphatic heterocycles. The molecule has 64 heavy (non-hydrogen) atoms. The van der Waals surface area contributed by atoms with E-state index in [9.17, 15) is 0 Å². The van der Waals surface area contributed by atoms with Gasteiger partial charge in [0.25, 0.3) is 25.2 Å². The Morgan fingerprint density at radius 2 is 0.766 bits per heavy atom. The molecule has 310 valence electrons. The van der Waals surface area contributed by atoms with Gasteiger partial charge >= 0.3 is 0 Å². The highest BCUT2D eigenvalue weighted by Gasteiger charge is 2.33. The highest BCUT2D eigenvalue weighted by molar-refractivity contribution is 6.75. The van der Waals surface area contributed by atoms with Crippen molar-refractivity contribution < 1.29 is 8.83 Å². The number of nitrogens with zero attached hydrogens (tertiary/aromatic N) is 9. The van der Waals surface area contributed by atoms with Crippen molar-refractivity contribution in [3.8, 4) is 45.2 Å². The minimum Gasteiger partial charge on any atom is -0.436 e. The van der Waals surface area contributed by atoms with E-state index in [0.29, 0.717) is 11.8 Å². The van der Waals surface area contributed by atoms with Gasteiger partial charge in [0.15, 0.2) is 11.2 Å². The molecule has 9 aromatic rings. The van der Waals surface area contributed by atoms with E-state index in [1.54, 1.807) is 0 Å². The molecule has 0 amide bonds. The molecule has 0 atom stereocenters. The molecule has 5 heterocycles. The maximum absolute atomic E-state index is 6.11. The molecular weight excluding hydrogens is 843 g/mol. The normalized spacial score (nSPS) is 15.8. The van der Waals surface area contributed by atoms with Gasteiger partial charge in [-0.15, -0.1) is 0 Å². The molecule has 2 aromatic heterocycles. The van der Waals surface area contributed by atoms with E-state index in [2.05, 4.69) is 135 Å². The van der Waals surface area contributed by atoms with E-state index in [1.807, 2.05) is 48.5 Å². The molecule has 12 rings (SSSR count). The fourth-order valence-corrected chi connectivity index (χ4v) is 13.8. The molecule has 0 saturated carbocycles. The first-order valence-corrected chi connectivity index (χ1v) is 30.1. The van der Waals surface area contributed by atoms with Crippen LogP contribution >= 0.6 is 0 Å². The van der Waals surface area contributed by atoms with Crippen LogP contribution < -0.4 is 37.0 Å². The highest BCUT2D eigenvalue weighted by Crippen LogP contribution is 2.34. The summed E-state index contributed by atoms with van der Waals surface area (Å²) in [6, 6.07) is 47.4. The maximum Gasteiger partial charge on any atom is 0.298 e. The molecule has 7 aromatic carbocycles. The van der Waals surface area contributed by atoms with Crippen LogP contribution in [0.4, 0.5) is 17.1 Å². The first kappa shape index (κ1) is 38.4. The van der Waals surface area contributed by atoms with Crippen LogP contribution in [-0.4, -0.2) is 35.2 Å². The van der Waals surface area contributed by atoms with Crippen molar-refractivity contribution in [2.75, 3.05) is 4.90 Å². The van der Waals surface area contributed by atoms with Crippen molar-refractivity contribution in [3.05, 3.63) is 172 Å². The van der Waals surface area contributed by atoms with E-state index in [0.717, 1.165) is 105 Å². The lowest BCUT2D eigenvalue weighted by atomic mass is 10.0. The third-order valence-electron chi connectivity index (χ3n) is 11.8. The zero-order valence-electron chi connectivity index (χ0n) is 36.1. The van der Waals surface area contributed by atoms with Gasteiger partial charge < -0.3 is 13.7 Å². The summed E-state index contributed by atoms with van der Waals surface area (Å²) in [6.45, 7) is 13.1. The van der Waals surface area contributed by atoms with Gasteiger partial charge in [-0.25, -0.2) is 9.97 Å². The molecule has 0 bridgehead atoms. The minimum atomic E-state index is -2.43. The molecular formula is C50H41N9O2Si3. The second-order valence-electron chi connectivity index (χ2n) is 17.9. The molecule has 0 radical (unpaired) electrons. The SMILES string of the molecule is C[Si]1(C)N=c2cccc(N(c3ccc(-c4ccc(-c5nc6ccccc6o5)cc4)c4c3=N[Si](C)(C)N=4)c3ccc(-c4ccc(-c5nc6ccccc6o5)cc4)c4c3=N[Si](C)(C)N=4)c2=N1. The monoisotopic (exact) mass is 883 g/mol. The maximum atomic E-state index is 6.11. The summed E-state index contributed by atoms with van der Waals surface area (Å²) in [5.41, 5.74) is 11.9. The fourth-order valence-electron chi connectivity index (χ4n) is 9.02. The number of fused-ring (bicyclic) bond motifs is 5. The van der Waals surface area contributed by atoms with E-state index < -0.39 is 25.2 Å². The molecule has 11 nitrogen and oxygen atoms in total. The number of aromatic nitrogens is 2. The average Bonchev–Trinajstić information content (AvgIpc) is 4.10. The second kappa shape index (κ2) is 13.9. The average molecular weight is 884 g/mol. The lowest BCUT2D eigenvalue weighted by molar-refractivity contribution is 0.619. The molecule has 0 N–H and O–H groups in total. The number of benzene rings is 7. The van der Waals surface area contributed by atoms with Gasteiger partial charge in [-0.1, -0.05) is 66.7 Å². The van der Waals surface area contributed by atoms with E-state index in [1.165, 1.54) is 0 Å². The zero-order chi connectivity index (χ0) is 43.5. The van der Waals surface area contributed by atoms with Crippen LogP contribution in [-0.2, 0) is 0 Å². The van der Waals surface area contributed by atoms with Crippen LogP contribution in [0.5, 0.6) is 0 Å². The van der Waals surface area contributed by atoms with Crippen LogP contribution in [0.3, 0.4) is 0 Å². The summed E-state index contributed by atoms with van der Waals surface area (Å²) in [6.07, 6.45) is 0. The van der Waals surface area contributed by atoms with Crippen molar-refractivity contribution in [1.82, 2.24) is 9.97 Å². The summed E-state index contributed by atoms with van der Waals surface area (Å²) in [5.74, 6) is 1.18. The van der Waals surface area contributed by atoms with Gasteiger partial charge in [0.05, 0.1) is 49.2 Å². The summed E-state index contributed by atoms with van der Waals surface area (Å²) in [4.78, 5) is 11.8. The zero-order valence-corrected chi connectivity index (χ0v) is 39.1. The summed E-state index contributed by atoms with van der Waals surface area (Å²) in [7, 11) is -7.13. The largest absolute Gasteiger partial charge is 0.436 e. The van der Waals surface area contributed by atoms with Crippen LogP contribution in [0.2, 0.25) is 39.3 Å². The van der Waals surface area contributed by atoms with Gasteiger partial charge in [0, 0.05) is 22.3 Å². The standard InChI is InChI=1S/C50H41N9O2Si3/c1-62(2)53-38-14-11-15-39(46(38)56-62)59(40-28-26-34(44-47(40)57-63(3,4)54-44)30-18-22-32(23-19-30)49-51-36-12-7-9-16-42(36)60-49)41-29-27-35(45-48(41)58-64(5,6)55-45)31-20-24-33(25-21-31)50-52-37-13-8-10-17-43(37)61-50/h7-29H,1-6H3. The summed E-state index contributed by atoms with van der Waals surface area (Å²) in [5, 5.41) is 5.30. The topological polar surface area (TPSA) is 129 Å². The van der Waals surface area contributed by atoms with E-state index in [4.69, 9.17) is 46.8 Å². The number of oxazole rings is 2. The van der Waals surface area contributed by atoms with Crippen molar-refractivity contribution >= 4 is 64.5 Å². The molecule has 0 aliphatic carbocycles. The quantitative estimate of drug-likeness (QED) is 0.148. The Bertz CT molecular complexity index is 3570. The van der Waals surface area contributed by atoms with Gasteiger partial charge in [-0.2, -0.15) is 0 Å². The predicted octanol–water partition coefficient (Wildman–Crippen LogP) is 8.97. The van der Waals surface area contributed by atoms with Crippen LogP contribution in [0.1, 0.15) is 0 Å². The number of para-hydroxylation sites is 4. The van der Waals surface area contributed by atoms with Gasteiger partial charge in [-0.3, -0.25) is 27.9 Å². The lowest BCUT2D eigenvalue weighted by Crippen LogP contribution is -2.38. The van der Waals surface area contributed by atoms with Crippen LogP contribution in [0, 0.1) is 0 Å². The van der Waals surface area contributed by atoms with Crippen molar-refractivity contribution in [2.45, 2.75) is 39.3 Å². The fraction of sp³-hybridized carbons (Fsp3) is 0.120. The van der Waals surface area contributed by atoms with Crippen molar-refractivity contribution in [2.24, 2.45) is 27.9 Å². The molecule has 0 saturated heterocycles. The Morgan fingerprint density at radius 1 is 0.359 bits per heavy atom. The number of rotatable bonds is 7. The van der Waals surface area contributed by atoms with Crippen LogP contribution in [0.25, 0.3) is 67.4 Å². The Balaban J connectivity index is 1.03. The number of hydrogen-bond donors (Lipinski definition) is 0. The smallest absolute Gasteiger partial charge is 0.298 e. The first-order chi connectivity index (χ1) is 30.9. The van der Waals surface area contributed by atoms with E-state index in [-0.39, 0.29) is 0 Å². The van der Waals surface area contributed by atoms with Gasteiger partial charge in [0.1, 0.15) is 11.0 Å². The first-order valence-electron chi connectivity index (χ1n) is 21.4. The van der Waals surface area contributed by atoms with Gasteiger partial charge in [-0.05, 0) is 123 Å².